The Hall–Kier alpha value is -5.68. The van der Waals surface area contributed by atoms with Gasteiger partial charge in [0.1, 0.15) is 52.5 Å². The number of aliphatic imine (C=N–C) groups is 1. The van der Waals surface area contributed by atoms with E-state index in [1.54, 1.807) is 30.6 Å². The molecule has 11 heteroatoms. The standard InChI is InChI=1S/C14H8FN3O.C7H3F2N.C7H6N2O.2H2/c15-11-2-1-10(7-16)13(6-11)19-12-5-9-3-4-17-14(9)18-8-12;8-6-2-1-5(4-10)7(9)3-6;10-6-3-5-1-2-8-7(5)9-4-6;;/h1-2,4-6,8H,3H2;1-3H;1-4,10H,(H,8,9);2*1H. The Bertz CT molecular complexity index is 1770. The largest absolute Gasteiger partial charge is 0.506 e. The van der Waals surface area contributed by atoms with Crippen LogP contribution < -0.4 is 4.74 Å². The van der Waals surface area contributed by atoms with Gasteiger partial charge < -0.3 is 14.8 Å². The van der Waals surface area contributed by atoms with Crippen LogP contribution in [0.15, 0.2) is 78.2 Å². The zero-order chi connectivity index (χ0) is 27.8. The lowest BCUT2D eigenvalue weighted by atomic mass is 10.2. The third-order valence-corrected chi connectivity index (χ3v) is 5.17. The summed E-state index contributed by atoms with van der Waals surface area (Å²) in [5.74, 6) is -0.417. The van der Waals surface area contributed by atoms with Gasteiger partial charge >= 0.3 is 0 Å². The van der Waals surface area contributed by atoms with Gasteiger partial charge in [-0.25, -0.2) is 28.1 Å². The summed E-state index contributed by atoms with van der Waals surface area (Å²) in [5.41, 5.74) is 1.89. The molecule has 0 aliphatic carbocycles. The second kappa shape index (κ2) is 12.0. The molecule has 8 nitrogen and oxygen atoms in total. The molecule has 5 aromatic rings. The van der Waals surface area contributed by atoms with E-state index in [4.69, 9.17) is 20.4 Å². The number of nitrogens with one attached hydrogen (secondary N) is 1. The number of aromatic amines is 1. The van der Waals surface area contributed by atoms with Crippen LogP contribution in [0.1, 0.15) is 19.5 Å². The van der Waals surface area contributed by atoms with Crippen molar-refractivity contribution >= 4 is 23.1 Å². The SMILES string of the molecule is N#Cc1ccc(F)cc1F.N#Cc1ccc(F)cc1Oc1cnc2c(c1)CC=N2.Oc1cnc2[nH]ccc2c1.[HH].[HH]. The zero-order valence-corrected chi connectivity index (χ0v) is 19.9. The molecule has 0 unspecified atom stereocenters. The van der Waals surface area contributed by atoms with Crippen LogP contribution in [0.4, 0.5) is 19.0 Å². The monoisotopic (exact) mass is 530 g/mol. The third kappa shape index (κ3) is 6.76. The fourth-order valence-electron chi connectivity index (χ4n) is 3.34. The van der Waals surface area contributed by atoms with Crippen LogP contribution >= 0.6 is 0 Å². The van der Waals surface area contributed by atoms with E-state index in [0.717, 1.165) is 28.7 Å². The molecule has 0 saturated heterocycles. The highest BCUT2D eigenvalue weighted by molar-refractivity contribution is 5.76. The second-order valence-corrected chi connectivity index (χ2v) is 7.87. The quantitative estimate of drug-likeness (QED) is 0.260. The fraction of sp³-hybridized carbons (Fsp3) is 0.0357. The number of hydrogen-bond acceptors (Lipinski definition) is 7. The smallest absolute Gasteiger partial charge is 0.155 e. The average Bonchev–Trinajstić information content (AvgIpc) is 3.58. The van der Waals surface area contributed by atoms with Crippen LogP contribution in [0.25, 0.3) is 11.0 Å². The van der Waals surface area contributed by atoms with Gasteiger partial charge in [-0.1, -0.05) is 0 Å². The number of ether oxygens (including phenoxy) is 1. The molecular weight excluding hydrogens is 509 g/mol. The molecule has 6 rings (SSSR count). The molecule has 2 N–H and O–H groups in total. The molecule has 1 aliphatic rings. The number of hydrogen-bond donors (Lipinski definition) is 2. The Kier molecular flexibility index (Phi) is 8.14. The van der Waals surface area contributed by atoms with E-state index in [9.17, 15) is 13.2 Å². The molecule has 4 heterocycles. The Balaban J connectivity index is 0.000000228. The highest BCUT2D eigenvalue weighted by Gasteiger charge is 2.11. The molecule has 0 spiro atoms. The summed E-state index contributed by atoms with van der Waals surface area (Å²) in [7, 11) is 0. The minimum atomic E-state index is -0.817. The molecule has 1 aliphatic heterocycles. The van der Waals surface area contributed by atoms with E-state index in [1.165, 1.54) is 30.6 Å². The molecular formula is C28H21F3N6O2. The number of benzene rings is 2. The van der Waals surface area contributed by atoms with Gasteiger partial charge in [-0.05, 0) is 42.5 Å². The number of fused-ring (bicyclic) bond motifs is 2. The van der Waals surface area contributed by atoms with E-state index in [1.807, 2.05) is 12.1 Å². The van der Waals surface area contributed by atoms with E-state index < -0.39 is 17.5 Å². The summed E-state index contributed by atoms with van der Waals surface area (Å²) >= 11 is 0. The van der Waals surface area contributed by atoms with E-state index in [0.29, 0.717) is 24.1 Å². The molecule has 0 fully saturated rings. The van der Waals surface area contributed by atoms with Crippen molar-refractivity contribution in [3.8, 4) is 29.4 Å². The van der Waals surface area contributed by atoms with Crippen LogP contribution in [0.5, 0.6) is 17.2 Å². The predicted octanol–water partition coefficient (Wildman–Crippen LogP) is 6.74. The normalized spacial score (nSPS) is 10.8. The Morgan fingerprint density at radius 1 is 0.897 bits per heavy atom. The molecule has 0 radical (unpaired) electrons. The lowest BCUT2D eigenvalue weighted by Gasteiger charge is -2.08. The van der Waals surface area contributed by atoms with Gasteiger partial charge in [-0.2, -0.15) is 10.5 Å². The summed E-state index contributed by atoms with van der Waals surface area (Å²) in [6.07, 6.45) is 7.18. The number of nitriles is 2. The molecule has 0 amide bonds. The van der Waals surface area contributed by atoms with Crippen molar-refractivity contribution < 1.29 is 25.9 Å². The Labute approximate surface area is 222 Å². The minimum Gasteiger partial charge on any atom is -0.506 e. The van der Waals surface area contributed by atoms with Gasteiger partial charge in [0.25, 0.3) is 0 Å². The molecule has 39 heavy (non-hydrogen) atoms. The van der Waals surface area contributed by atoms with Crippen molar-refractivity contribution in [3.05, 3.63) is 107 Å². The van der Waals surface area contributed by atoms with E-state index >= 15 is 0 Å². The lowest BCUT2D eigenvalue weighted by molar-refractivity contribution is 0.472. The number of aromatic hydroxyl groups is 1. The average molecular weight is 531 g/mol. The van der Waals surface area contributed by atoms with Crippen molar-refractivity contribution in [2.45, 2.75) is 6.42 Å². The topological polar surface area (TPSA) is 131 Å². The maximum absolute atomic E-state index is 13.2. The van der Waals surface area contributed by atoms with Crippen molar-refractivity contribution in [2.24, 2.45) is 4.99 Å². The van der Waals surface area contributed by atoms with Gasteiger partial charge in [0, 0.05) is 44.8 Å². The van der Waals surface area contributed by atoms with Crippen LogP contribution in [-0.4, -0.2) is 26.3 Å². The Morgan fingerprint density at radius 3 is 2.38 bits per heavy atom. The molecule has 0 atom stereocenters. The van der Waals surface area contributed by atoms with Crippen molar-refractivity contribution in [2.75, 3.05) is 0 Å². The van der Waals surface area contributed by atoms with Crippen molar-refractivity contribution in [1.82, 2.24) is 15.0 Å². The first-order valence-electron chi connectivity index (χ1n) is 11.2. The van der Waals surface area contributed by atoms with Crippen LogP contribution in [0.3, 0.4) is 0 Å². The summed E-state index contributed by atoms with van der Waals surface area (Å²) in [4.78, 5) is 15.1. The van der Waals surface area contributed by atoms with Crippen LogP contribution in [0.2, 0.25) is 0 Å². The van der Waals surface area contributed by atoms with Gasteiger partial charge in [0.2, 0.25) is 0 Å². The van der Waals surface area contributed by atoms with Crippen molar-refractivity contribution in [3.63, 3.8) is 0 Å². The molecule has 3 aromatic heterocycles. The fourth-order valence-corrected chi connectivity index (χ4v) is 3.34. The van der Waals surface area contributed by atoms with Gasteiger partial charge in [0.15, 0.2) is 5.82 Å². The first-order chi connectivity index (χ1) is 18.9. The number of rotatable bonds is 2. The summed E-state index contributed by atoms with van der Waals surface area (Å²) in [6, 6.07) is 15.5. The summed E-state index contributed by atoms with van der Waals surface area (Å²) in [6.45, 7) is 0. The molecule has 2 aromatic carbocycles. The van der Waals surface area contributed by atoms with Crippen molar-refractivity contribution in [1.29, 1.82) is 10.5 Å². The maximum Gasteiger partial charge on any atom is 0.155 e. The van der Waals surface area contributed by atoms with Gasteiger partial charge in [0.05, 0.1) is 23.5 Å². The molecule has 0 bridgehead atoms. The highest BCUT2D eigenvalue weighted by Crippen LogP contribution is 2.30. The van der Waals surface area contributed by atoms with Gasteiger partial charge in [-0.3, -0.25) is 0 Å². The zero-order valence-electron chi connectivity index (χ0n) is 19.9. The maximum atomic E-state index is 13.2. The van der Waals surface area contributed by atoms with Crippen LogP contribution in [0, 0.1) is 40.1 Å². The lowest BCUT2D eigenvalue weighted by Crippen LogP contribution is -1.92. The summed E-state index contributed by atoms with van der Waals surface area (Å²) < 4.78 is 43.2. The van der Waals surface area contributed by atoms with Crippen LogP contribution in [-0.2, 0) is 6.42 Å². The van der Waals surface area contributed by atoms with E-state index in [-0.39, 0.29) is 25.5 Å². The second-order valence-electron chi connectivity index (χ2n) is 7.87. The number of aromatic nitrogens is 3. The number of halogens is 3. The summed E-state index contributed by atoms with van der Waals surface area (Å²) in [5, 5.41) is 27.1. The first-order valence-corrected chi connectivity index (χ1v) is 11.2. The third-order valence-electron chi connectivity index (χ3n) is 5.17. The van der Waals surface area contributed by atoms with E-state index in [2.05, 4.69) is 19.9 Å². The predicted molar refractivity (Wildman–Crippen MR) is 140 cm³/mol. The number of H-pyrrole nitrogens is 1. The minimum absolute atomic E-state index is 0. The first kappa shape index (κ1) is 26.4. The van der Waals surface area contributed by atoms with Gasteiger partial charge in [-0.15, -0.1) is 0 Å². The highest BCUT2D eigenvalue weighted by atomic mass is 19.1. The Morgan fingerprint density at radius 2 is 1.64 bits per heavy atom. The molecule has 0 saturated carbocycles. The number of pyridine rings is 2. The molecule has 196 valence electrons. The number of nitrogens with zero attached hydrogens (tertiary/aromatic N) is 5.